The molecule has 0 rings (SSSR count). The summed E-state index contributed by atoms with van der Waals surface area (Å²) in [5.41, 5.74) is 9.70. The largest absolute Gasteiger partial charge is 0.369 e. The lowest BCUT2D eigenvalue weighted by Gasteiger charge is -2.01. The molecule has 6 heteroatoms. The van der Waals surface area contributed by atoms with Gasteiger partial charge in [0.1, 0.15) is 0 Å². The first-order valence-electron chi connectivity index (χ1n) is 3.56. The van der Waals surface area contributed by atoms with Crippen LogP contribution in [0.3, 0.4) is 0 Å². The van der Waals surface area contributed by atoms with Gasteiger partial charge in [-0.1, -0.05) is 6.08 Å². The van der Waals surface area contributed by atoms with E-state index in [0.717, 1.165) is 0 Å². The number of hydrogen-bond acceptors (Lipinski definition) is 4. The normalized spacial score (nSPS) is 11.8. The molecule has 0 atom stereocenters. The van der Waals surface area contributed by atoms with Gasteiger partial charge in [0.05, 0.1) is 6.42 Å². The van der Waals surface area contributed by atoms with E-state index in [-0.39, 0.29) is 18.4 Å². The maximum Gasteiger partial charge on any atom is 0.244 e. The van der Waals surface area contributed by atoms with Crippen LogP contribution in [-0.2, 0) is 9.59 Å². The van der Waals surface area contributed by atoms with Crippen LogP contribution in [0, 0.1) is 0 Å². The lowest BCUT2D eigenvalue weighted by molar-refractivity contribution is -0.120. The Hall–Kier alpha value is -1.40. The van der Waals surface area contributed by atoms with Crippen LogP contribution in [0.25, 0.3) is 0 Å². The Bertz CT molecular complexity index is 235. The molecule has 0 aliphatic heterocycles. The number of amides is 2. The highest BCUT2D eigenvalue weighted by atomic mass is 16.5. The molecule has 6 N–H and O–H groups in total. The fourth-order valence-corrected chi connectivity index (χ4v) is 0.695. The van der Waals surface area contributed by atoms with Gasteiger partial charge in [0, 0.05) is 12.0 Å². The fourth-order valence-electron chi connectivity index (χ4n) is 0.695. The van der Waals surface area contributed by atoms with Crippen molar-refractivity contribution in [1.29, 1.82) is 0 Å². The number of carbonyl (C=O) groups excluding carboxylic acids is 2. The van der Waals surface area contributed by atoms with Crippen molar-refractivity contribution in [2.24, 2.45) is 11.5 Å². The number of carbonyl (C=O) groups is 2. The van der Waals surface area contributed by atoms with E-state index in [1.807, 2.05) is 0 Å². The van der Waals surface area contributed by atoms with Gasteiger partial charge in [-0.3, -0.25) is 9.59 Å². The average Bonchev–Trinajstić information content (AvgIpc) is 1.96. The zero-order valence-electron chi connectivity index (χ0n) is 6.93. The third kappa shape index (κ3) is 5.83. The van der Waals surface area contributed by atoms with Gasteiger partial charge in [0.25, 0.3) is 0 Å². The molecule has 0 aliphatic carbocycles. The topological polar surface area (TPSA) is 127 Å². The molecule has 0 aromatic carbocycles. The monoisotopic (exact) mass is 188 g/mol. The van der Waals surface area contributed by atoms with Gasteiger partial charge in [0.2, 0.25) is 11.8 Å². The van der Waals surface area contributed by atoms with Crippen LogP contribution < -0.4 is 11.5 Å². The van der Waals surface area contributed by atoms with Crippen LogP contribution in [0.4, 0.5) is 0 Å². The SMILES string of the molecule is NC(=O)CC(=CCC(O)O)C(N)=O. The fraction of sp³-hybridized carbons (Fsp3) is 0.429. The van der Waals surface area contributed by atoms with Crippen LogP contribution in [0.15, 0.2) is 11.6 Å². The predicted octanol–water partition coefficient (Wildman–Crippen LogP) is -2.03. The highest BCUT2D eigenvalue weighted by molar-refractivity contribution is 5.97. The highest BCUT2D eigenvalue weighted by Crippen LogP contribution is 2.02. The second kappa shape index (κ2) is 5.28. The summed E-state index contributed by atoms with van der Waals surface area (Å²) < 4.78 is 0. The van der Waals surface area contributed by atoms with E-state index in [1.165, 1.54) is 6.08 Å². The van der Waals surface area contributed by atoms with Crippen LogP contribution in [-0.4, -0.2) is 28.3 Å². The lowest BCUT2D eigenvalue weighted by Crippen LogP contribution is -2.21. The molecule has 0 aromatic heterocycles. The van der Waals surface area contributed by atoms with E-state index >= 15 is 0 Å². The molecule has 0 fully saturated rings. The Balaban J connectivity index is 4.32. The highest BCUT2D eigenvalue weighted by Gasteiger charge is 2.08. The maximum atomic E-state index is 10.6. The van der Waals surface area contributed by atoms with Gasteiger partial charge >= 0.3 is 0 Å². The lowest BCUT2D eigenvalue weighted by atomic mass is 10.1. The zero-order valence-corrected chi connectivity index (χ0v) is 6.93. The smallest absolute Gasteiger partial charge is 0.244 e. The van der Waals surface area contributed by atoms with Gasteiger partial charge in [0.15, 0.2) is 6.29 Å². The van der Waals surface area contributed by atoms with Crippen molar-refractivity contribution < 1.29 is 19.8 Å². The number of nitrogens with two attached hydrogens (primary N) is 2. The molecule has 0 aliphatic rings. The molecule has 0 unspecified atom stereocenters. The molecule has 0 bridgehead atoms. The summed E-state index contributed by atoms with van der Waals surface area (Å²) in [5.74, 6) is -1.49. The molecular formula is C7H12N2O4. The first kappa shape index (κ1) is 11.6. The average molecular weight is 188 g/mol. The minimum absolute atomic E-state index is 0.0133. The summed E-state index contributed by atoms with van der Waals surface area (Å²) in [5, 5.41) is 16.9. The molecule has 13 heavy (non-hydrogen) atoms. The molecular weight excluding hydrogens is 176 g/mol. The van der Waals surface area contributed by atoms with Crippen molar-refractivity contribution in [3.8, 4) is 0 Å². The Labute approximate surface area is 74.8 Å². The van der Waals surface area contributed by atoms with E-state index < -0.39 is 18.1 Å². The summed E-state index contributed by atoms with van der Waals surface area (Å²) in [6.45, 7) is 0. The predicted molar refractivity (Wildman–Crippen MR) is 43.9 cm³/mol. The number of hydrogen-bond donors (Lipinski definition) is 4. The van der Waals surface area contributed by atoms with Gasteiger partial charge in [-0.25, -0.2) is 0 Å². The van der Waals surface area contributed by atoms with Crippen LogP contribution >= 0.6 is 0 Å². The van der Waals surface area contributed by atoms with E-state index in [9.17, 15) is 9.59 Å². The van der Waals surface area contributed by atoms with Crippen molar-refractivity contribution in [2.45, 2.75) is 19.1 Å². The standard InChI is InChI=1S/C7H12N2O4/c8-5(10)3-4(7(9)13)1-2-6(11)12/h1,6,11-12H,2-3H2,(H2,8,10)(H2,9,13). The third-order valence-corrected chi connectivity index (χ3v) is 1.26. The van der Waals surface area contributed by atoms with Gasteiger partial charge in [-0.05, 0) is 0 Å². The van der Waals surface area contributed by atoms with Crippen molar-refractivity contribution in [3.05, 3.63) is 11.6 Å². The molecule has 0 heterocycles. The van der Waals surface area contributed by atoms with E-state index in [2.05, 4.69) is 0 Å². The molecule has 0 aromatic rings. The Morgan fingerprint density at radius 1 is 1.31 bits per heavy atom. The number of rotatable bonds is 5. The van der Waals surface area contributed by atoms with Crippen molar-refractivity contribution >= 4 is 11.8 Å². The summed E-state index contributed by atoms with van der Waals surface area (Å²) in [7, 11) is 0. The Morgan fingerprint density at radius 2 is 1.85 bits per heavy atom. The molecule has 0 saturated carbocycles. The molecule has 6 nitrogen and oxygen atoms in total. The van der Waals surface area contributed by atoms with E-state index in [0.29, 0.717) is 0 Å². The number of aliphatic hydroxyl groups excluding tert-OH is 1. The number of primary amides is 2. The first-order valence-corrected chi connectivity index (χ1v) is 3.56. The second-order valence-electron chi connectivity index (χ2n) is 2.45. The van der Waals surface area contributed by atoms with Crippen molar-refractivity contribution in [3.63, 3.8) is 0 Å². The Morgan fingerprint density at radius 3 is 2.15 bits per heavy atom. The second-order valence-corrected chi connectivity index (χ2v) is 2.45. The van der Waals surface area contributed by atoms with E-state index in [1.54, 1.807) is 0 Å². The minimum atomic E-state index is -1.57. The molecule has 0 radical (unpaired) electrons. The maximum absolute atomic E-state index is 10.6. The van der Waals surface area contributed by atoms with Gasteiger partial charge in [-0.2, -0.15) is 0 Å². The third-order valence-electron chi connectivity index (χ3n) is 1.26. The van der Waals surface area contributed by atoms with Gasteiger partial charge in [-0.15, -0.1) is 0 Å². The summed E-state index contributed by atoms with van der Waals surface area (Å²) >= 11 is 0. The molecule has 2 amide bonds. The summed E-state index contributed by atoms with van der Waals surface area (Å²) in [4.78, 5) is 21.0. The summed E-state index contributed by atoms with van der Waals surface area (Å²) in [6, 6.07) is 0. The van der Waals surface area contributed by atoms with Gasteiger partial charge < -0.3 is 21.7 Å². The molecule has 0 spiro atoms. The first-order chi connectivity index (χ1) is 5.93. The van der Waals surface area contributed by atoms with Crippen molar-refractivity contribution in [2.75, 3.05) is 0 Å². The minimum Gasteiger partial charge on any atom is -0.369 e. The molecule has 74 valence electrons. The summed E-state index contributed by atoms with van der Waals surface area (Å²) in [6.07, 6.45) is -0.840. The van der Waals surface area contributed by atoms with Crippen LogP contribution in [0.5, 0.6) is 0 Å². The van der Waals surface area contributed by atoms with Crippen molar-refractivity contribution in [1.82, 2.24) is 0 Å². The van der Waals surface area contributed by atoms with Crippen LogP contribution in [0.2, 0.25) is 0 Å². The zero-order chi connectivity index (χ0) is 10.4. The van der Waals surface area contributed by atoms with Crippen LogP contribution in [0.1, 0.15) is 12.8 Å². The number of aliphatic hydroxyl groups is 2. The van der Waals surface area contributed by atoms with E-state index in [4.69, 9.17) is 21.7 Å². The molecule has 0 saturated heterocycles. The Kier molecular flexibility index (Phi) is 4.71. The quantitative estimate of drug-likeness (QED) is 0.293.